The quantitative estimate of drug-likeness (QED) is 0.531. The molecule has 0 unspecified atom stereocenters. The Balaban J connectivity index is 2.46. The fraction of sp³-hybridized carbons (Fsp3) is 0.364. The van der Waals surface area contributed by atoms with Gasteiger partial charge in [-0.3, -0.25) is 0 Å². The second-order valence-corrected chi connectivity index (χ2v) is 5.21. The Morgan fingerprint density at radius 3 is 2.94 bits per heavy atom. The van der Waals surface area contributed by atoms with Crippen molar-refractivity contribution < 1.29 is 13.2 Å². The van der Waals surface area contributed by atoms with Gasteiger partial charge in [0, 0.05) is 12.7 Å². The maximum Gasteiger partial charge on any atom is 0.244 e. The molecule has 1 aromatic rings. The largest absolute Gasteiger partial charge is 0.383 e. The number of hydrogen-bond donors (Lipinski definition) is 2. The number of rotatable bonds is 8. The minimum atomic E-state index is -3.62. The van der Waals surface area contributed by atoms with Crippen LogP contribution in [0.4, 0.5) is 5.82 Å². The lowest BCUT2D eigenvalue weighted by Gasteiger charge is -2.08. The number of pyridine rings is 1. The lowest BCUT2D eigenvalue weighted by molar-refractivity contribution is 0.144. The molecule has 0 spiro atoms. The average molecular weight is 271 g/mol. The highest BCUT2D eigenvalue weighted by Crippen LogP contribution is 2.13. The molecule has 0 amide bonds. The van der Waals surface area contributed by atoms with Gasteiger partial charge in [-0.25, -0.2) is 18.1 Å². The van der Waals surface area contributed by atoms with Crippen molar-refractivity contribution in [3.8, 4) is 0 Å². The van der Waals surface area contributed by atoms with Crippen LogP contribution in [0.15, 0.2) is 35.9 Å². The molecular weight excluding hydrogens is 254 g/mol. The molecule has 3 N–H and O–H groups in total. The Hall–Kier alpha value is -1.44. The molecule has 18 heavy (non-hydrogen) atoms. The Morgan fingerprint density at radius 1 is 1.50 bits per heavy atom. The molecule has 0 aliphatic carbocycles. The van der Waals surface area contributed by atoms with E-state index in [1.807, 2.05) is 0 Å². The van der Waals surface area contributed by atoms with Gasteiger partial charge in [-0.2, -0.15) is 0 Å². The number of sulfonamides is 1. The summed E-state index contributed by atoms with van der Waals surface area (Å²) in [5.74, 6) is -0.0161. The number of nitrogens with one attached hydrogen (secondary N) is 1. The number of nitrogens with two attached hydrogens (primary N) is 1. The fourth-order valence-electron chi connectivity index (χ4n) is 1.22. The molecule has 0 aliphatic rings. The summed E-state index contributed by atoms with van der Waals surface area (Å²) in [7, 11) is -3.62. The predicted octanol–water partition coefficient (Wildman–Crippen LogP) is 0.535. The van der Waals surface area contributed by atoms with E-state index in [4.69, 9.17) is 10.5 Å². The summed E-state index contributed by atoms with van der Waals surface area (Å²) in [5.41, 5.74) is 5.50. The third-order valence-corrected chi connectivity index (χ3v) is 3.60. The molecular formula is C11H17N3O3S. The van der Waals surface area contributed by atoms with Crippen LogP contribution in [0, 0.1) is 0 Å². The lowest BCUT2D eigenvalue weighted by Crippen LogP contribution is -2.28. The van der Waals surface area contributed by atoms with Gasteiger partial charge in [0.15, 0.2) is 0 Å². The molecule has 6 nitrogen and oxygen atoms in total. The molecule has 0 aromatic carbocycles. The smallest absolute Gasteiger partial charge is 0.244 e. The maximum atomic E-state index is 11.8. The summed E-state index contributed by atoms with van der Waals surface area (Å²) in [6.45, 7) is 4.57. The van der Waals surface area contributed by atoms with E-state index in [-0.39, 0.29) is 17.3 Å². The highest BCUT2D eigenvalue weighted by molar-refractivity contribution is 7.89. The van der Waals surface area contributed by atoms with Gasteiger partial charge >= 0.3 is 0 Å². The summed E-state index contributed by atoms with van der Waals surface area (Å²) in [6, 6.07) is 2.93. The fourth-order valence-corrected chi connectivity index (χ4v) is 2.32. The molecule has 0 bridgehead atoms. The number of hydrogen-bond acceptors (Lipinski definition) is 5. The second-order valence-electron chi connectivity index (χ2n) is 3.47. The lowest BCUT2D eigenvalue weighted by atomic mass is 10.5. The molecule has 0 radical (unpaired) electrons. The van der Waals surface area contributed by atoms with Gasteiger partial charge in [-0.1, -0.05) is 6.08 Å². The third-order valence-electron chi connectivity index (χ3n) is 2.09. The summed E-state index contributed by atoms with van der Waals surface area (Å²) >= 11 is 0. The Kier molecular flexibility index (Phi) is 5.76. The summed E-state index contributed by atoms with van der Waals surface area (Å²) in [5, 5.41) is 0. The molecule has 0 fully saturated rings. The predicted molar refractivity (Wildman–Crippen MR) is 69.5 cm³/mol. The van der Waals surface area contributed by atoms with Crippen molar-refractivity contribution in [3.63, 3.8) is 0 Å². The Morgan fingerprint density at radius 2 is 2.28 bits per heavy atom. The van der Waals surface area contributed by atoms with E-state index in [2.05, 4.69) is 16.3 Å². The average Bonchev–Trinajstić information content (AvgIpc) is 2.34. The Bertz CT molecular complexity index is 488. The van der Waals surface area contributed by atoms with Crippen molar-refractivity contribution in [1.82, 2.24) is 9.71 Å². The first-order valence-corrected chi connectivity index (χ1v) is 6.95. The number of aromatic nitrogens is 1. The standard InChI is InChI=1S/C11H17N3O3S/c1-2-3-8-17-9-7-14-18(15,16)10-5-4-6-13-11(10)12/h2,4-6,14H,1,3,7-9H2,(H2,12,13). The van der Waals surface area contributed by atoms with Crippen LogP contribution >= 0.6 is 0 Å². The maximum absolute atomic E-state index is 11.8. The second kappa shape index (κ2) is 7.10. The van der Waals surface area contributed by atoms with Crippen molar-refractivity contribution in [2.45, 2.75) is 11.3 Å². The van der Waals surface area contributed by atoms with E-state index in [0.29, 0.717) is 13.2 Å². The van der Waals surface area contributed by atoms with E-state index >= 15 is 0 Å². The van der Waals surface area contributed by atoms with E-state index in [1.54, 1.807) is 6.08 Å². The normalized spacial score (nSPS) is 11.3. The van der Waals surface area contributed by atoms with Crippen LogP contribution < -0.4 is 10.5 Å². The van der Waals surface area contributed by atoms with Gasteiger partial charge in [-0.05, 0) is 18.6 Å². The van der Waals surface area contributed by atoms with Gasteiger partial charge in [0.2, 0.25) is 10.0 Å². The zero-order valence-electron chi connectivity index (χ0n) is 10.0. The SMILES string of the molecule is C=CCCOCCNS(=O)(=O)c1cccnc1N. The van der Waals surface area contributed by atoms with Crippen LogP contribution in [0.3, 0.4) is 0 Å². The molecule has 1 rings (SSSR count). The first-order valence-electron chi connectivity index (χ1n) is 5.46. The van der Waals surface area contributed by atoms with Crippen molar-refractivity contribution >= 4 is 15.8 Å². The molecule has 0 saturated heterocycles. The monoisotopic (exact) mass is 271 g/mol. The van der Waals surface area contributed by atoms with Crippen molar-refractivity contribution in [3.05, 3.63) is 31.0 Å². The van der Waals surface area contributed by atoms with Crippen LogP contribution in [0.5, 0.6) is 0 Å². The molecule has 1 aromatic heterocycles. The van der Waals surface area contributed by atoms with Crippen LogP contribution in [0.25, 0.3) is 0 Å². The molecule has 0 atom stereocenters. The van der Waals surface area contributed by atoms with Crippen LogP contribution in [0.2, 0.25) is 0 Å². The Labute approximate surface area is 107 Å². The highest BCUT2D eigenvalue weighted by Gasteiger charge is 2.16. The number of nitrogen functional groups attached to an aromatic ring is 1. The highest BCUT2D eigenvalue weighted by atomic mass is 32.2. The van der Waals surface area contributed by atoms with Gasteiger partial charge in [0.25, 0.3) is 0 Å². The molecule has 7 heteroatoms. The molecule has 0 saturated carbocycles. The topological polar surface area (TPSA) is 94.3 Å². The third kappa shape index (κ3) is 4.44. The van der Waals surface area contributed by atoms with Crippen LogP contribution in [0.1, 0.15) is 6.42 Å². The van der Waals surface area contributed by atoms with Crippen molar-refractivity contribution in [2.24, 2.45) is 0 Å². The molecule has 0 aliphatic heterocycles. The van der Waals surface area contributed by atoms with E-state index < -0.39 is 10.0 Å². The van der Waals surface area contributed by atoms with Gasteiger partial charge < -0.3 is 10.5 Å². The van der Waals surface area contributed by atoms with Gasteiger partial charge in [0.05, 0.1) is 13.2 Å². The molecule has 100 valence electrons. The molecule has 1 heterocycles. The zero-order chi connectivity index (χ0) is 13.4. The van der Waals surface area contributed by atoms with Crippen molar-refractivity contribution in [2.75, 3.05) is 25.5 Å². The minimum Gasteiger partial charge on any atom is -0.383 e. The van der Waals surface area contributed by atoms with Crippen LogP contribution in [-0.4, -0.2) is 33.2 Å². The zero-order valence-corrected chi connectivity index (χ0v) is 10.8. The first-order chi connectivity index (χ1) is 8.58. The summed E-state index contributed by atoms with van der Waals surface area (Å²) in [4.78, 5) is 3.71. The van der Waals surface area contributed by atoms with Crippen molar-refractivity contribution in [1.29, 1.82) is 0 Å². The van der Waals surface area contributed by atoms with Gasteiger partial charge in [0.1, 0.15) is 10.7 Å². The summed E-state index contributed by atoms with van der Waals surface area (Å²) in [6.07, 6.45) is 3.91. The first kappa shape index (κ1) is 14.6. The van der Waals surface area contributed by atoms with Crippen LogP contribution in [-0.2, 0) is 14.8 Å². The van der Waals surface area contributed by atoms with Gasteiger partial charge in [-0.15, -0.1) is 6.58 Å². The number of anilines is 1. The van der Waals surface area contributed by atoms with E-state index in [0.717, 1.165) is 6.42 Å². The van der Waals surface area contributed by atoms with E-state index in [1.165, 1.54) is 18.3 Å². The van der Waals surface area contributed by atoms with E-state index in [9.17, 15) is 8.42 Å². The minimum absolute atomic E-state index is 0.0161. The number of nitrogens with zero attached hydrogens (tertiary/aromatic N) is 1. The summed E-state index contributed by atoms with van der Waals surface area (Å²) < 4.78 is 31.3. The number of ether oxygens (including phenoxy) is 1.